The van der Waals surface area contributed by atoms with Crippen LogP contribution in [-0.2, 0) is 17.8 Å². The van der Waals surface area contributed by atoms with Gasteiger partial charge in [-0.05, 0) is 24.3 Å². The maximum absolute atomic E-state index is 12.2. The smallest absolute Gasteiger partial charge is 0.220 e. The van der Waals surface area contributed by atoms with Crippen LogP contribution >= 0.6 is 11.3 Å². The number of nitrogens with one attached hydrogen (secondary N) is 1. The minimum Gasteiger partial charge on any atom is -0.497 e. The largest absolute Gasteiger partial charge is 0.497 e. The first kappa shape index (κ1) is 19.8. The van der Waals surface area contributed by atoms with Gasteiger partial charge in [0.05, 0.1) is 25.5 Å². The van der Waals surface area contributed by atoms with Gasteiger partial charge in [0, 0.05) is 29.3 Å². The average Bonchev–Trinajstić information content (AvgIpc) is 3.47. The molecule has 4 rings (SSSR count). The minimum absolute atomic E-state index is 0.0596. The van der Waals surface area contributed by atoms with Crippen LogP contribution in [0.3, 0.4) is 0 Å². The number of aromatic nitrogens is 2. The zero-order valence-electron chi connectivity index (χ0n) is 16.5. The fraction of sp³-hybridized carbons (Fsp3) is 0.174. The van der Waals surface area contributed by atoms with E-state index in [0.29, 0.717) is 31.0 Å². The molecule has 0 fully saturated rings. The molecule has 1 N–H and O–H groups in total. The van der Waals surface area contributed by atoms with Gasteiger partial charge in [0.1, 0.15) is 10.8 Å². The van der Waals surface area contributed by atoms with E-state index in [0.717, 1.165) is 27.6 Å². The van der Waals surface area contributed by atoms with Gasteiger partial charge in [-0.2, -0.15) is 0 Å². The Bertz CT molecular complexity index is 1100. The van der Waals surface area contributed by atoms with Gasteiger partial charge in [-0.25, -0.2) is 9.97 Å². The summed E-state index contributed by atoms with van der Waals surface area (Å²) in [6.07, 6.45) is 2.42. The second-order valence-electron chi connectivity index (χ2n) is 6.62. The van der Waals surface area contributed by atoms with Crippen LogP contribution in [0, 0.1) is 0 Å². The van der Waals surface area contributed by atoms with Crippen molar-refractivity contribution in [2.75, 3.05) is 7.11 Å². The molecule has 0 bridgehead atoms. The first-order chi connectivity index (χ1) is 14.7. The number of nitrogens with zero attached hydrogens (tertiary/aromatic N) is 2. The first-order valence-corrected chi connectivity index (χ1v) is 10.4. The maximum atomic E-state index is 12.2. The highest BCUT2D eigenvalue weighted by Crippen LogP contribution is 2.24. The maximum Gasteiger partial charge on any atom is 0.220 e. The molecule has 0 unspecified atom stereocenters. The molecule has 0 spiro atoms. The van der Waals surface area contributed by atoms with Crippen molar-refractivity contribution in [3.05, 3.63) is 77.1 Å². The number of carbonyl (C=O) groups excluding carboxylic acids is 1. The summed E-state index contributed by atoms with van der Waals surface area (Å²) in [7, 11) is 1.63. The summed E-state index contributed by atoms with van der Waals surface area (Å²) < 4.78 is 10.9. The number of hydrogen-bond donors (Lipinski definition) is 1. The molecule has 0 radical (unpaired) electrons. The lowest BCUT2D eigenvalue weighted by atomic mass is 10.2. The molecular weight excluding hydrogens is 398 g/mol. The molecule has 6 nitrogen and oxygen atoms in total. The van der Waals surface area contributed by atoms with E-state index < -0.39 is 0 Å². The van der Waals surface area contributed by atoms with E-state index in [2.05, 4.69) is 15.3 Å². The van der Waals surface area contributed by atoms with Crippen LogP contribution < -0.4 is 10.1 Å². The fourth-order valence-corrected chi connectivity index (χ4v) is 3.67. The van der Waals surface area contributed by atoms with Crippen molar-refractivity contribution in [2.24, 2.45) is 0 Å². The van der Waals surface area contributed by atoms with E-state index in [1.807, 2.05) is 60.0 Å². The fourth-order valence-electron chi connectivity index (χ4n) is 2.93. The summed E-state index contributed by atoms with van der Waals surface area (Å²) in [5.74, 6) is 1.93. The Morgan fingerprint density at radius 3 is 2.67 bits per heavy atom. The quantitative estimate of drug-likeness (QED) is 0.447. The van der Waals surface area contributed by atoms with Crippen molar-refractivity contribution in [1.82, 2.24) is 15.3 Å². The SMILES string of the molecule is COc1ccc(-c2cnc(CCC(=O)NCc3nc(-c4ccccc4)cs3)o2)cc1. The molecule has 4 aromatic rings. The lowest BCUT2D eigenvalue weighted by Crippen LogP contribution is -2.22. The van der Waals surface area contributed by atoms with Gasteiger partial charge in [0.2, 0.25) is 5.91 Å². The number of methoxy groups -OCH3 is 1. The van der Waals surface area contributed by atoms with Crippen molar-refractivity contribution in [1.29, 1.82) is 0 Å². The Kier molecular flexibility index (Phi) is 6.20. The lowest BCUT2D eigenvalue weighted by molar-refractivity contribution is -0.121. The number of carbonyl (C=O) groups is 1. The van der Waals surface area contributed by atoms with Gasteiger partial charge in [-0.3, -0.25) is 4.79 Å². The second-order valence-corrected chi connectivity index (χ2v) is 7.56. The summed E-state index contributed by atoms with van der Waals surface area (Å²) in [4.78, 5) is 21.1. The zero-order chi connectivity index (χ0) is 20.8. The van der Waals surface area contributed by atoms with Crippen LogP contribution in [0.15, 0.2) is 70.6 Å². The highest BCUT2D eigenvalue weighted by Gasteiger charge is 2.10. The zero-order valence-corrected chi connectivity index (χ0v) is 17.3. The number of amides is 1. The molecule has 0 aliphatic heterocycles. The monoisotopic (exact) mass is 419 g/mol. The topological polar surface area (TPSA) is 77.2 Å². The summed E-state index contributed by atoms with van der Waals surface area (Å²) in [6.45, 7) is 0.416. The second kappa shape index (κ2) is 9.37. The predicted molar refractivity (Wildman–Crippen MR) is 116 cm³/mol. The van der Waals surface area contributed by atoms with Gasteiger partial charge >= 0.3 is 0 Å². The number of rotatable bonds is 8. The highest BCUT2D eigenvalue weighted by atomic mass is 32.1. The number of thiazole rings is 1. The standard InChI is InChI=1S/C23H21N3O3S/c1-28-18-9-7-17(8-10-18)20-13-25-22(29-20)12-11-21(27)24-14-23-26-19(15-30-23)16-5-3-2-4-6-16/h2-10,13,15H,11-12,14H2,1H3,(H,24,27). The number of aryl methyl sites for hydroxylation is 1. The van der Waals surface area contributed by atoms with E-state index in [9.17, 15) is 4.79 Å². The molecule has 0 aliphatic rings. The molecule has 2 aromatic heterocycles. The number of ether oxygens (including phenoxy) is 1. The Morgan fingerprint density at radius 2 is 1.90 bits per heavy atom. The van der Waals surface area contributed by atoms with Gasteiger partial charge in [0.15, 0.2) is 11.7 Å². The Morgan fingerprint density at radius 1 is 1.10 bits per heavy atom. The molecule has 0 saturated carbocycles. The third-order valence-corrected chi connectivity index (χ3v) is 5.40. The average molecular weight is 420 g/mol. The summed E-state index contributed by atoms with van der Waals surface area (Å²) in [6, 6.07) is 17.5. The van der Waals surface area contributed by atoms with Crippen molar-refractivity contribution >= 4 is 17.2 Å². The summed E-state index contributed by atoms with van der Waals surface area (Å²) in [5.41, 5.74) is 2.91. The molecule has 2 heterocycles. The van der Waals surface area contributed by atoms with E-state index in [1.54, 1.807) is 13.3 Å². The lowest BCUT2D eigenvalue weighted by Gasteiger charge is -2.02. The molecule has 2 aromatic carbocycles. The Hall–Kier alpha value is -3.45. The molecular formula is C23H21N3O3S. The molecule has 0 atom stereocenters. The molecule has 0 aliphatic carbocycles. The molecule has 30 heavy (non-hydrogen) atoms. The first-order valence-electron chi connectivity index (χ1n) is 9.57. The normalized spacial score (nSPS) is 10.7. The van der Waals surface area contributed by atoms with Gasteiger partial charge in [-0.1, -0.05) is 30.3 Å². The van der Waals surface area contributed by atoms with E-state index in [-0.39, 0.29) is 5.91 Å². The van der Waals surface area contributed by atoms with Crippen LogP contribution in [-0.4, -0.2) is 23.0 Å². The molecule has 1 amide bonds. The van der Waals surface area contributed by atoms with Crippen molar-refractivity contribution in [2.45, 2.75) is 19.4 Å². The van der Waals surface area contributed by atoms with Crippen LogP contribution in [0.5, 0.6) is 5.75 Å². The van der Waals surface area contributed by atoms with Crippen molar-refractivity contribution in [3.8, 4) is 28.3 Å². The van der Waals surface area contributed by atoms with Gasteiger partial charge in [-0.15, -0.1) is 11.3 Å². The highest BCUT2D eigenvalue weighted by molar-refractivity contribution is 7.09. The van der Waals surface area contributed by atoms with E-state index in [1.165, 1.54) is 11.3 Å². The van der Waals surface area contributed by atoms with Crippen LogP contribution in [0.4, 0.5) is 0 Å². The molecule has 152 valence electrons. The molecule has 0 saturated heterocycles. The summed E-state index contributed by atoms with van der Waals surface area (Å²) in [5, 5.41) is 5.79. The van der Waals surface area contributed by atoms with Gasteiger partial charge < -0.3 is 14.5 Å². The van der Waals surface area contributed by atoms with E-state index in [4.69, 9.17) is 9.15 Å². The Labute approximate surface area is 178 Å². The number of oxazole rings is 1. The number of benzene rings is 2. The van der Waals surface area contributed by atoms with Crippen LogP contribution in [0.1, 0.15) is 17.3 Å². The van der Waals surface area contributed by atoms with Crippen molar-refractivity contribution < 1.29 is 13.9 Å². The van der Waals surface area contributed by atoms with Gasteiger partial charge in [0.25, 0.3) is 0 Å². The predicted octanol–water partition coefficient (Wildman–Crippen LogP) is 4.72. The van der Waals surface area contributed by atoms with E-state index >= 15 is 0 Å². The third kappa shape index (κ3) is 4.93. The Balaban J connectivity index is 1.26. The van der Waals surface area contributed by atoms with Crippen molar-refractivity contribution in [3.63, 3.8) is 0 Å². The van der Waals surface area contributed by atoms with Crippen LogP contribution in [0.2, 0.25) is 0 Å². The molecule has 7 heteroatoms. The third-order valence-electron chi connectivity index (χ3n) is 4.55. The minimum atomic E-state index is -0.0596. The van der Waals surface area contributed by atoms with Crippen LogP contribution in [0.25, 0.3) is 22.6 Å². The summed E-state index contributed by atoms with van der Waals surface area (Å²) >= 11 is 1.54. The number of hydrogen-bond acceptors (Lipinski definition) is 6.